The fraction of sp³-hybridized carbons (Fsp3) is 0.533. The van der Waals surface area contributed by atoms with Gasteiger partial charge >= 0.3 is 5.97 Å². The third-order valence-electron chi connectivity index (χ3n) is 2.66. The molecule has 0 aromatic heterocycles. The van der Waals surface area contributed by atoms with Crippen molar-refractivity contribution in [1.29, 1.82) is 0 Å². The number of rotatable bonds is 9. The van der Waals surface area contributed by atoms with Crippen LogP contribution in [0.25, 0.3) is 0 Å². The standard InChI is InChI=1S/C15H23NO3/c1-3-4-8-19-15(17)11-16-10-13-6-5-7-14(9-13)12-18-2/h5-7,9,16H,3-4,8,10-12H2,1-2H3. The monoisotopic (exact) mass is 265 g/mol. The normalized spacial score (nSPS) is 10.4. The van der Waals surface area contributed by atoms with Gasteiger partial charge in [0.1, 0.15) is 0 Å². The number of hydrogen-bond acceptors (Lipinski definition) is 4. The van der Waals surface area contributed by atoms with E-state index in [9.17, 15) is 4.79 Å². The van der Waals surface area contributed by atoms with E-state index in [0.717, 1.165) is 24.0 Å². The second-order valence-electron chi connectivity index (χ2n) is 4.43. The van der Waals surface area contributed by atoms with Gasteiger partial charge in [0.25, 0.3) is 0 Å². The quantitative estimate of drug-likeness (QED) is 0.549. The molecule has 0 amide bonds. The number of carbonyl (C=O) groups is 1. The summed E-state index contributed by atoms with van der Waals surface area (Å²) in [5.41, 5.74) is 2.27. The zero-order chi connectivity index (χ0) is 13.9. The summed E-state index contributed by atoms with van der Waals surface area (Å²) in [7, 11) is 1.68. The van der Waals surface area contributed by atoms with Crippen molar-refractivity contribution in [2.24, 2.45) is 0 Å². The second kappa shape index (κ2) is 9.53. The molecule has 0 aliphatic heterocycles. The van der Waals surface area contributed by atoms with Crippen molar-refractivity contribution in [1.82, 2.24) is 5.32 Å². The van der Waals surface area contributed by atoms with E-state index in [-0.39, 0.29) is 12.5 Å². The average molecular weight is 265 g/mol. The average Bonchev–Trinajstić information content (AvgIpc) is 2.40. The maximum absolute atomic E-state index is 11.4. The molecule has 0 fully saturated rings. The lowest BCUT2D eigenvalue weighted by Gasteiger charge is -2.07. The van der Waals surface area contributed by atoms with E-state index < -0.39 is 0 Å². The van der Waals surface area contributed by atoms with Gasteiger partial charge in [-0.3, -0.25) is 4.79 Å². The van der Waals surface area contributed by atoms with Crippen LogP contribution in [-0.4, -0.2) is 26.2 Å². The van der Waals surface area contributed by atoms with Gasteiger partial charge in [-0.1, -0.05) is 37.6 Å². The van der Waals surface area contributed by atoms with Crippen molar-refractivity contribution in [2.45, 2.75) is 32.9 Å². The van der Waals surface area contributed by atoms with E-state index >= 15 is 0 Å². The van der Waals surface area contributed by atoms with Gasteiger partial charge in [-0.05, 0) is 17.5 Å². The Morgan fingerprint density at radius 3 is 2.84 bits per heavy atom. The minimum Gasteiger partial charge on any atom is -0.465 e. The molecule has 0 atom stereocenters. The summed E-state index contributed by atoms with van der Waals surface area (Å²) in [4.78, 5) is 11.4. The van der Waals surface area contributed by atoms with Gasteiger partial charge in [0.2, 0.25) is 0 Å². The Morgan fingerprint density at radius 2 is 2.11 bits per heavy atom. The predicted octanol–water partition coefficient (Wildman–Crippen LogP) is 2.27. The minimum atomic E-state index is -0.193. The van der Waals surface area contributed by atoms with E-state index in [1.807, 2.05) is 18.2 Å². The van der Waals surface area contributed by atoms with Crippen LogP contribution < -0.4 is 5.32 Å². The van der Waals surface area contributed by atoms with Crippen LogP contribution in [-0.2, 0) is 27.4 Å². The Balaban J connectivity index is 2.24. The fourth-order valence-electron chi connectivity index (χ4n) is 1.69. The van der Waals surface area contributed by atoms with Crippen LogP contribution >= 0.6 is 0 Å². The molecule has 106 valence electrons. The predicted molar refractivity (Wildman–Crippen MR) is 74.7 cm³/mol. The summed E-state index contributed by atoms with van der Waals surface area (Å²) < 4.78 is 10.1. The third kappa shape index (κ3) is 6.94. The number of ether oxygens (including phenoxy) is 2. The molecule has 0 aliphatic carbocycles. The molecule has 0 saturated carbocycles. The molecule has 0 saturated heterocycles. The van der Waals surface area contributed by atoms with E-state index in [0.29, 0.717) is 19.8 Å². The Hall–Kier alpha value is -1.39. The molecule has 4 nitrogen and oxygen atoms in total. The van der Waals surface area contributed by atoms with Gasteiger partial charge in [-0.2, -0.15) is 0 Å². The van der Waals surface area contributed by atoms with Crippen LogP contribution in [0.1, 0.15) is 30.9 Å². The van der Waals surface area contributed by atoms with Crippen LogP contribution in [0.5, 0.6) is 0 Å². The minimum absolute atomic E-state index is 0.193. The Morgan fingerprint density at radius 1 is 1.32 bits per heavy atom. The molecule has 0 aliphatic rings. The smallest absolute Gasteiger partial charge is 0.319 e. The number of methoxy groups -OCH3 is 1. The molecule has 1 rings (SSSR count). The molecule has 0 heterocycles. The van der Waals surface area contributed by atoms with Gasteiger partial charge < -0.3 is 14.8 Å². The molecule has 1 aromatic carbocycles. The third-order valence-corrected chi connectivity index (χ3v) is 2.66. The largest absolute Gasteiger partial charge is 0.465 e. The summed E-state index contributed by atoms with van der Waals surface area (Å²) >= 11 is 0. The van der Waals surface area contributed by atoms with Crippen LogP contribution in [0, 0.1) is 0 Å². The van der Waals surface area contributed by atoms with Gasteiger partial charge in [-0.15, -0.1) is 0 Å². The Kier molecular flexibility index (Phi) is 7.86. The first kappa shape index (κ1) is 15.7. The van der Waals surface area contributed by atoms with E-state index in [1.165, 1.54) is 0 Å². The van der Waals surface area contributed by atoms with Crippen molar-refractivity contribution in [2.75, 3.05) is 20.3 Å². The topological polar surface area (TPSA) is 47.6 Å². The molecular formula is C15H23NO3. The lowest BCUT2D eigenvalue weighted by molar-refractivity contribution is -0.142. The first-order valence-corrected chi connectivity index (χ1v) is 6.69. The molecule has 0 unspecified atom stereocenters. The van der Waals surface area contributed by atoms with Crippen molar-refractivity contribution in [3.05, 3.63) is 35.4 Å². The van der Waals surface area contributed by atoms with Crippen molar-refractivity contribution >= 4 is 5.97 Å². The number of esters is 1. The maximum Gasteiger partial charge on any atom is 0.319 e. The van der Waals surface area contributed by atoms with Gasteiger partial charge in [0.05, 0.1) is 19.8 Å². The molecule has 0 bridgehead atoms. The molecule has 1 N–H and O–H groups in total. The highest BCUT2D eigenvalue weighted by atomic mass is 16.5. The summed E-state index contributed by atoms with van der Waals surface area (Å²) in [5, 5.41) is 3.08. The molecule has 1 aromatic rings. The first-order valence-electron chi connectivity index (χ1n) is 6.69. The van der Waals surface area contributed by atoms with Gasteiger partial charge in [0.15, 0.2) is 0 Å². The van der Waals surface area contributed by atoms with Crippen molar-refractivity contribution in [3.63, 3.8) is 0 Å². The van der Waals surface area contributed by atoms with Gasteiger partial charge in [0, 0.05) is 13.7 Å². The fourth-order valence-corrected chi connectivity index (χ4v) is 1.69. The second-order valence-corrected chi connectivity index (χ2v) is 4.43. The first-order chi connectivity index (χ1) is 9.26. The van der Waals surface area contributed by atoms with Crippen molar-refractivity contribution in [3.8, 4) is 0 Å². The molecule has 0 spiro atoms. The Bertz CT molecular complexity index is 379. The number of nitrogens with one attached hydrogen (secondary N) is 1. The lowest BCUT2D eigenvalue weighted by atomic mass is 10.1. The van der Waals surface area contributed by atoms with E-state index in [2.05, 4.69) is 18.3 Å². The van der Waals surface area contributed by atoms with Crippen LogP contribution in [0.15, 0.2) is 24.3 Å². The van der Waals surface area contributed by atoms with E-state index in [1.54, 1.807) is 7.11 Å². The zero-order valence-electron chi connectivity index (χ0n) is 11.8. The summed E-state index contributed by atoms with van der Waals surface area (Å²) in [6.07, 6.45) is 1.96. The zero-order valence-corrected chi connectivity index (χ0v) is 11.8. The molecule has 4 heteroatoms. The number of unbranched alkanes of at least 4 members (excludes halogenated alkanes) is 1. The van der Waals surface area contributed by atoms with E-state index in [4.69, 9.17) is 9.47 Å². The number of benzene rings is 1. The van der Waals surface area contributed by atoms with Crippen LogP contribution in [0.2, 0.25) is 0 Å². The highest BCUT2D eigenvalue weighted by Gasteiger charge is 2.02. The highest BCUT2D eigenvalue weighted by molar-refractivity contribution is 5.71. The lowest BCUT2D eigenvalue weighted by Crippen LogP contribution is -2.24. The molecular weight excluding hydrogens is 242 g/mol. The van der Waals surface area contributed by atoms with Crippen LogP contribution in [0.3, 0.4) is 0 Å². The van der Waals surface area contributed by atoms with Crippen LogP contribution in [0.4, 0.5) is 0 Å². The SMILES string of the molecule is CCCCOC(=O)CNCc1cccc(COC)c1. The number of carbonyl (C=O) groups excluding carboxylic acids is 1. The molecule has 0 radical (unpaired) electrons. The highest BCUT2D eigenvalue weighted by Crippen LogP contribution is 2.06. The summed E-state index contributed by atoms with van der Waals surface area (Å²) in [6, 6.07) is 8.10. The maximum atomic E-state index is 11.4. The summed E-state index contributed by atoms with van der Waals surface area (Å²) in [5.74, 6) is -0.193. The Labute approximate surface area is 115 Å². The van der Waals surface area contributed by atoms with Crippen molar-refractivity contribution < 1.29 is 14.3 Å². The number of hydrogen-bond donors (Lipinski definition) is 1. The van der Waals surface area contributed by atoms with Gasteiger partial charge in [-0.25, -0.2) is 0 Å². The molecule has 19 heavy (non-hydrogen) atoms. The summed E-state index contributed by atoms with van der Waals surface area (Å²) in [6.45, 7) is 4.09.